The van der Waals surface area contributed by atoms with Crippen LogP contribution in [-0.2, 0) is 0 Å². The maximum Gasteiger partial charge on any atom is 0.0340 e. The number of hydrogen-bond acceptors (Lipinski definition) is 2. The van der Waals surface area contributed by atoms with Crippen molar-refractivity contribution in [3.63, 3.8) is 0 Å². The molecule has 2 rings (SSSR count). The number of para-hydroxylation sites is 1. The average Bonchev–Trinajstić information content (AvgIpc) is 2.66. The highest BCUT2D eigenvalue weighted by Gasteiger charge is 2.30. The lowest BCUT2D eigenvalue weighted by molar-refractivity contribution is 0.175. The Labute approximate surface area is 105 Å². The van der Waals surface area contributed by atoms with E-state index in [0.29, 0.717) is 5.54 Å². The average molecular weight is 232 g/mol. The minimum atomic E-state index is 0.423. The van der Waals surface area contributed by atoms with Gasteiger partial charge in [0.05, 0.1) is 0 Å². The fourth-order valence-corrected chi connectivity index (χ4v) is 2.64. The molecule has 1 saturated heterocycles. The van der Waals surface area contributed by atoms with E-state index in [4.69, 9.17) is 0 Å². The zero-order chi connectivity index (χ0) is 12.1. The van der Waals surface area contributed by atoms with Crippen LogP contribution in [0.3, 0.4) is 0 Å². The maximum atomic E-state index is 3.47. The molecule has 1 fully saturated rings. The van der Waals surface area contributed by atoms with E-state index in [1.807, 2.05) is 0 Å². The summed E-state index contributed by atoms with van der Waals surface area (Å²) in [6, 6.07) is 10.5. The van der Waals surface area contributed by atoms with E-state index in [-0.39, 0.29) is 0 Å². The Hall–Kier alpha value is -1.02. The second kappa shape index (κ2) is 5.54. The summed E-state index contributed by atoms with van der Waals surface area (Å²) in [4.78, 5) is 2.62. The van der Waals surface area contributed by atoms with Crippen LogP contribution in [-0.4, -0.2) is 30.1 Å². The van der Waals surface area contributed by atoms with E-state index in [0.717, 1.165) is 6.54 Å². The lowest BCUT2D eigenvalue weighted by Gasteiger charge is -2.31. The number of benzene rings is 1. The molecule has 1 aromatic rings. The highest BCUT2D eigenvalue weighted by molar-refractivity contribution is 5.42. The fourth-order valence-electron chi connectivity index (χ4n) is 2.64. The van der Waals surface area contributed by atoms with Crippen LogP contribution >= 0.6 is 0 Å². The first kappa shape index (κ1) is 12.4. The summed E-state index contributed by atoms with van der Waals surface area (Å²) in [5.41, 5.74) is 1.65. The van der Waals surface area contributed by atoms with Gasteiger partial charge in [0, 0.05) is 24.3 Å². The number of rotatable bonds is 5. The molecule has 94 valence electrons. The topological polar surface area (TPSA) is 15.3 Å². The van der Waals surface area contributed by atoms with Crippen LogP contribution in [0.2, 0.25) is 0 Å². The van der Waals surface area contributed by atoms with Gasteiger partial charge in [0.2, 0.25) is 0 Å². The normalized spacial score (nSPS) is 19.4. The second-order valence-electron chi connectivity index (χ2n) is 5.55. The molecule has 0 unspecified atom stereocenters. The number of anilines is 1. The Morgan fingerprint density at radius 3 is 2.65 bits per heavy atom. The van der Waals surface area contributed by atoms with Gasteiger partial charge in [-0.1, -0.05) is 18.2 Å². The van der Waals surface area contributed by atoms with Gasteiger partial charge in [-0.2, -0.15) is 0 Å². The van der Waals surface area contributed by atoms with Crippen LogP contribution < -0.4 is 5.32 Å². The van der Waals surface area contributed by atoms with E-state index >= 15 is 0 Å². The van der Waals surface area contributed by atoms with Crippen molar-refractivity contribution in [3.05, 3.63) is 30.3 Å². The smallest absolute Gasteiger partial charge is 0.0340 e. The molecule has 0 radical (unpaired) electrons. The van der Waals surface area contributed by atoms with Crippen molar-refractivity contribution in [1.29, 1.82) is 0 Å². The van der Waals surface area contributed by atoms with E-state index in [1.54, 1.807) is 0 Å². The van der Waals surface area contributed by atoms with E-state index in [9.17, 15) is 0 Å². The summed E-state index contributed by atoms with van der Waals surface area (Å²) < 4.78 is 0. The van der Waals surface area contributed by atoms with Crippen LogP contribution in [0.5, 0.6) is 0 Å². The molecule has 0 aromatic heterocycles. The Bertz CT molecular complexity index is 332. The molecule has 1 aliphatic rings. The molecular weight excluding hydrogens is 208 g/mol. The van der Waals surface area contributed by atoms with Crippen molar-refractivity contribution < 1.29 is 0 Å². The SMILES string of the molecule is CC1(C)CCCN1CCCNc1ccccc1. The Kier molecular flexibility index (Phi) is 4.06. The minimum Gasteiger partial charge on any atom is -0.385 e. The zero-order valence-corrected chi connectivity index (χ0v) is 11.1. The number of nitrogens with one attached hydrogen (secondary N) is 1. The molecule has 1 heterocycles. The number of hydrogen-bond donors (Lipinski definition) is 1. The second-order valence-corrected chi connectivity index (χ2v) is 5.55. The van der Waals surface area contributed by atoms with Gasteiger partial charge in [-0.3, -0.25) is 4.90 Å². The summed E-state index contributed by atoms with van der Waals surface area (Å²) in [5.74, 6) is 0. The molecule has 0 spiro atoms. The maximum absolute atomic E-state index is 3.47. The predicted molar refractivity (Wildman–Crippen MR) is 74.4 cm³/mol. The third-order valence-corrected chi connectivity index (χ3v) is 3.78. The van der Waals surface area contributed by atoms with Crippen molar-refractivity contribution in [3.8, 4) is 0 Å². The molecule has 0 amide bonds. The Balaban J connectivity index is 1.67. The fraction of sp³-hybridized carbons (Fsp3) is 0.600. The van der Waals surface area contributed by atoms with Crippen LogP contribution in [0.15, 0.2) is 30.3 Å². The van der Waals surface area contributed by atoms with E-state index in [1.165, 1.54) is 38.0 Å². The van der Waals surface area contributed by atoms with Crippen molar-refractivity contribution in [2.24, 2.45) is 0 Å². The first-order chi connectivity index (χ1) is 8.18. The molecule has 1 aromatic carbocycles. The monoisotopic (exact) mass is 232 g/mol. The van der Waals surface area contributed by atoms with Gasteiger partial charge in [0.1, 0.15) is 0 Å². The molecule has 0 saturated carbocycles. The van der Waals surface area contributed by atoms with E-state index < -0.39 is 0 Å². The largest absolute Gasteiger partial charge is 0.385 e. The molecule has 1 aliphatic heterocycles. The third kappa shape index (κ3) is 3.47. The standard InChI is InChI=1S/C15H24N2/c1-15(2)10-6-12-17(15)13-7-11-16-14-8-4-3-5-9-14/h3-5,8-9,16H,6-7,10-13H2,1-2H3. The van der Waals surface area contributed by atoms with Gasteiger partial charge in [-0.15, -0.1) is 0 Å². The number of likely N-dealkylation sites (tertiary alicyclic amines) is 1. The van der Waals surface area contributed by atoms with Crippen LogP contribution in [0.1, 0.15) is 33.1 Å². The lowest BCUT2D eigenvalue weighted by atomic mass is 10.0. The highest BCUT2D eigenvalue weighted by Crippen LogP contribution is 2.27. The summed E-state index contributed by atoms with van der Waals surface area (Å²) in [6.45, 7) is 8.29. The predicted octanol–water partition coefficient (Wildman–Crippen LogP) is 3.36. The Morgan fingerprint density at radius 2 is 2.00 bits per heavy atom. The van der Waals surface area contributed by atoms with Crippen LogP contribution in [0.4, 0.5) is 5.69 Å². The molecule has 0 bridgehead atoms. The van der Waals surface area contributed by atoms with Crippen LogP contribution in [0, 0.1) is 0 Å². The zero-order valence-electron chi connectivity index (χ0n) is 11.1. The summed E-state index contributed by atoms with van der Waals surface area (Å²) >= 11 is 0. The van der Waals surface area contributed by atoms with Crippen molar-refractivity contribution in [1.82, 2.24) is 4.90 Å². The summed E-state index contributed by atoms with van der Waals surface area (Å²) in [7, 11) is 0. The van der Waals surface area contributed by atoms with Crippen LogP contribution in [0.25, 0.3) is 0 Å². The number of nitrogens with zero attached hydrogens (tertiary/aromatic N) is 1. The van der Waals surface area contributed by atoms with Crippen molar-refractivity contribution in [2.75, 3.05) is 25.0 Å². The molecule has 0 atom stereocenters. The lowest BCUT2D eigenvalue weighted by Crippen LogP contribution is -2.39. The summed E-state index contributed by atoms with van der Waals surface area (Å²) in [5, 5.41) is 3.47. The van der Waals surface area contributed by atoms with Crippen molar-refractivity contribution >= 4 is 5.69 Å². The first-order valence-corrected chi connectivity index (χ1v) is 6.72. The molecule has 1 N–H and O–H groups in total. The third-order valence-electron chi connectivity index (χ3n) is 3.78. The van der Waals surface area contributed by atoms with Gasteiger partial charge in [-0.05, 0) is 51.8 Å². The molecular formula is C15H24N2. The van der Waals surface area contributed by atoms with Gasteiger partial charge < -0.3 is 5.32 Å². The van der Waals surface area contributed by atoms with Crippen molar-refractivity contribution in [2.45, 2.75) is 38.6 Å². The molecule has 2 heteroatoms. The molecule has 17 heavy (non-hydrogen) atoms. The van der Waals surface area contributed by atoms with Gasteiger partial charge in [0.15, 0.2) is 0 Å². The molecule has 0 aliphatic carbocycles. The minimum absolute atomic E-state index is 0.423. The molecule has 2 nitrogen and oxygen atoms in total. The first-order valence-electron chi connectivity index (χ1n) is 6.72. The van der Waals surface area contributed by atoms with E-state index in [2.05, 4.69) is 54.4 Å². The van der Waals surface area contributed by atoms with Gasteiger partial charge in [0.25, 0.3) is 0 Å². The Morgan fingerprint density at radius 1 is 1.24 bits per heavy atom. The summed E-state index contributed by atoms with van der Waals surface area (Å²) in [6.07, 6.45) is 3.93. The quantitative estimate of drug-likeness (QED) is 0.783. The van der Waals surface area contributed by atoms with Gasteiger partial charge >= 0.3 is 0 Å². The van der Waals surface area contributed by atoms with Gasteiger partial charge in [-0.25, -0.2) is 0 Å². The highest BCUT2D eigenvalue weighted by atomic mass is 15.2.